The van der Waals surface area contributed by atoms with Crippen molar-refractivity contribution in [3.8, 4) is 0 Å². The average molecular weight is 317 g/mol. The number of rotatable bonds is 5. The van der Waals surface area contributed by atoms with Gasteiger partial charge >= 0.3 is 0 Å². The van der Waals surface area contributed by atoms with Crippen LogP contribution in [0.3, 0.4) is 0 Å². The minimum absolute atomic E-state index is 0.0546. The van der Waals surface area contributed by atoms with Crippen LogP contribution in [0.1, 0.15) is 33.3 Å². The van der Waals surface area contributed by atoms with Gasteiger partial charge in [-0.25, -0.2) is 0 Å². The number of benzene rings is 1. The highest BCUT2D eigenvalue weighted by Crippen LogP contribution is 2.23. The zero-order valence-corrected chi connectivity index (χ0v) is 13.9. The highest BCUT2D eigenvalue weighted by atomic mass is 35.5. The van der Waals surface area contributed by atoms with Crippen LogP contribution in [0.2, 0.25) is 10.0 Å². The Hall–Kier alpha value is -0.770. The normalized spacial score (nSPS) is 12.8. The SMILES string of the molecule is CC(C)[C@H](N)C(=O)N(Cc1ccc(Cl)cc1Cl)C(C)C. The lowest BCUT2D eigenvalue weighted by Crippen LogP contribution is -2.48. The summed E-state index contributed by atoms with van der Waals surface area (Å²) in [5.41, 5.74) is 6.84. The Balaban J connectivity index is 2.95. The lowest BCUT2D eigenvalue weighted by atomic mass is 10.0. The molecule has 0 aliphatic heterocycles. The highest BCUT2D eigenvalue weighted by Gasteiger charge is 2.26. The summed E-state index contributed by atoms with van der Waals surface area (Å²) in [6.45, 7) is 8.25. The Morgan fingerprint density at radius 3 is 2.30 bits per heavy atom. The van der Waals surface area contributed by atoms with Gasteiger partial charge < -0.3 is 10.6 Å². The van der Waals surface area contributed by atoms with Gasteiger partial charge in [0.25, 0.3) is 0 Å². The van der Waals surface area contributed by atoms with Crippen LogP contribution in [0.5, 0.6) is 0 Å². The molecule has 1 aromatic carbocycles. The number of hydrogen-bond donors (Lipinski definition) is 1. The summed E-state index contributed by atoms with van der Waals surface area (Å²) in [5.74, 6) is 0.0467. The van der Waals surface area contributed by atoms with E-state index in [9.17, 15) is 4.79 Å². The molecule has 1 atom stereocenters. The molecule has 0 spiro atoms. The Bertz CT molecular complexity index is 475. The number of amides is 1. The van der Waals surface area contributed by atoms with Crippen LogP contribution in [0.4, 0.5) is 0 Å². The predicted molar refractivity (Wildman–Crippen MR) is 85.0 cm³/mol. The van der Waals surface area contributed by atoms with Gasteiger partial charge in [-0.05, 0) is 37.5 Å². The summed E-state index contributed by atoms with van der Waals surface area (Å²) >= 11 is 12.1. The third-order valence-corrected chi connectivity index (χ3v) is 3.85. The quantitative estimate of drug-likeness (QED) is 0.900. The number of hydrogen-bond acceptors (Lipinski definition) is 2. The second kappa shape index (κ2) is 7.30. The molecule has 0 heterocycles. The number of nitrogens with zero attached hydrogens (tertiary/aromatic N) is 1. The summed E-state index contributed by atoms with van der Waals surface area (Å²) in [6, 6.07) is 4.86. The van der Waals surface area contributed by atoms with E-state index in [4.69, 9.17) is 28.9 Å². The van der Waals surface area contributed by atoms with Gasteiger partial charge in [-0.1, -0.05) is 43.1 Å². The second-order valence-electron chi connectivity index (χ2n) is 5.57. The van der Waals surface area contributed by atoms with Crippen LogP contribution in [-0.2, 0) is 11.3 Å². The molecule has 112 valence electrons. The average Bonchev–Trinajstić information content (AvgIpc) is 2.35. The van der Waals surface area contributed by atoms with Gasteiger partial charge in [0.05, 0.1) is 6.04 Å². The summed E-state index contributed by atoms with van der Waals surface area (Å²) in [7, 11) is 0. The molecule has 3 nitrogen and oxygen atoms in total. The summed E-state index contributed by atoms with van der Waals surface area (Å²) in [4.78, 5) is 14.2. The maximum Gasteiger partial charge on any atom is 0.240 e. The van der Waals surface area contributed by atoms with Crippen LogP contribution in [0.25, 0.3) is 0 Å². The molecular weight excluding hydrogens is 295 g/mol. The molecule has 0 radical (unpaired) electrons. The predicted octanol–water partition coefficient (Wildman–Crippen LogP) is 3.71. The van der Waals surface area contributed by atoms with E-state index in [1.54, 1.807) is 17.0 Å². The maximum atomic E-state index is 12.4. The lowest BCUT2D eigenvalue weighted by molar-refractivity contribution is -0.136. The van der Waals surface area contributed by atoms with E-state index in [1.807, 2.05) is 33.8 Å². The van der Waals surface area contributed by atoms with Crippen molar-refractivity contribution in [3.05, 3.63) is 33.8 Å². The fourth-order valence-electron chi connectivity index (χ4n) is 1.83. The standard InChI is InChI=1S/C15H22Cl2N2O/c1-9(2)14(18)15(20)19(10(3)4)8-11-5-6-12(16)7-13(11)17/h5-7,9-10,14H,8,18H2,1-4H3/t14-/m0/s1. The van der Waals surface area contributed by atoms with E-state index in [-0.39, 0.29) is 17.9 Å². The van der Waals surface area contributed by atoms with Gasteiger partial charge in [0, 0.05) is 22.6 Å². The molecule has 0 bridgehead atoms. The topological polar surface area (TPSA) is 46.3 Å². The minimum Gasteiger partial charge on any atom is -0.335 e. The monoisotopic (exact) mass is 316 g/mol. The lowest BCUT2D eigenvalue weighted by Gasteiger charge is -2.31. The van der Waals surface area contributed by atoms with Gasteiger partial charge in [0.2, 0.25) is 5.91 Å². The number of carbonyl (C=O) groups is 1. The van der Waals surface area contributed by atoms with Crippen molar-refractivity contribution in [1.82, 2.24) is 4.90 Å². The van der Waals surface area contributed by atoms with Crippen molar-refractivity contribution in [2.24, 2.45) is 11.7 Å². The first kappa shape index (κ1) is 17.3. The zero-order valence-electron chi connectivity index (χ0n) is 12.4. The van der Waals surface area contributed by atoms with E-state index in [1.165, 1.54) is 0 Å². The van der Waals surface area contributed by atoms with Crippen molar-refractivity contribution in [3.63, 3.8) is 0 Å². The van der Waals surface area contributed by atoms with Crippen molar-refractivity contribution < 1.29 is 4.79 Å². The molecule has 2 N–H and O–H groups in total. The van der Waals surface area contributed by atoms with Gasteiger partial charge in [-0.3, -0.25) is 4.79 Å². The molecule has 5 heteroatoms. The molecule has 1 aromatic rings. The number of nitrogens with two attached hydrogens (primary N) is 1. The fourth-order valence-corrected chi connectivity index (χ4v) is 2.29. The van der Waals surface area contributed by atoms with Gasteiger partial charge in [0.15, 0.2) is 0 Å². The first-order valence-corrected chi connectivity index (χ1v) is 7.49. The molecule has 0 saturated heterocycles. The van der Waals surface area contributed by atoms with Gasteiger partial charge in [-0.15, -0.1) is 0 Å². The van der Waals surface area contributed by atoms with E-state index < -0.39 is 6.04 Å². The largest absolute Gasteiger partial charge is 0.335 e. The summed E-state index contributed by atoms with van der Waals surface area (Å²) in [6.07, 6.45) is 0. The van der Waals surface area contributed by atoms with Crippen molar-refractivity contribution in [2.45, 2.75) is 46.3 Å². The molecule has 0 aliphatic rings. The highest BCUT2D eigenvalue weighted by molar-refractivity contribution is 6.35. The molecule has 0 fully saturated rings. The van der Waals surface area contributed by atoms with Crippen LogP contribution >= 0.6 is 23.2 Å². The molecule has 20 heavy (non-hydrogen) atoms. The number of halogens is 2. The smallest absolute Gasteiger partial charge is 0.240 e. The minimum atomic E-state index is -0.497. The van der Waals surface area contributed by atoms with Crippen LogP contribution in [-0.4, -0.2) is 22.9 Å². The van der Waals surface area contributed by atoms with E-state index >= 15 is 0 Å². The second-order valence-corrected chi connectivity index (χ2v) is 6.41. The molecular formula is C15H22Cl2N2O. The summed E-state index contributed by atoms with van der Waals surface area (Å²) < 4.78 is 0. The van der Waals surface area contributed by atoms with Crippen LogP contribution < -0.4 is 5.73 Å². The third-order valence-electron chi connectivity index (χ3n) is 3.27. The van der Waals surface area contributed by atoms with Gasteiger partial charge in [-0.2, -0.15) is 0 Å². The van der Waals surface area contributed by atoms with Crippen molar-refractivity contribution in [1.29, 1.82) is 0 Å². The molecule has 0 aliphatic carbocycles. The molecule has 0 aromatic heterocycles. The molecule has 0 saturated carbocycles. The Morgan fingerprint density at radius 1 is 1.25 bits per heavy atom. The Kier molecular flexibility index (Phi) is 6.31. The molecule has 1 amide bonds. The van der Waals surface area contributed by atoms with E-state index in [0.29, 0.717) is 16.6 Å². The van der Waals surface area contributed by atoms with Crippen molar-refractivity contribution >= 4 is 29.1 Å². The molecule has 0 unspecified atom stereocenters. The first-order valence-electron chi connectivity index (χ1n) is 6.74. The Morgan fingerprint density at radius 2 is 1.85 bits per heavy atom. The van der Waals surface area contributed by atoms with E-state index in [0.717, 1.165) is 5.56 Å². The van der Waals surface area contributed by atoms with Gasteiger partial charge in [0.1, 0.15) is 0 Å². The Labute approximate surface area is 131 Å². The maximum absolute atomic E-state index is 12.4. The van der Waals surface area contributed by atoms with E-state index in [2.05, 4.69) is 0 Å². The fraction of sp³-hybridized carbons (Fsp3) is 0.533. The van der Waals surface area contributed by atoms with Crippen LogP contribution in [0.15, 0.2) is 18.2 Å². The van der Waals surface area contributed by atoms with Crippen molar-refractivity contribution in [2.75, 3.05) is 0 Å². The first-order chi connectivity index (χ1) is 9.23. The summed E-state index contributed by atoms with van der Waals surface area (Å²) in [5, 5.41) is 1.15. The van der Waals surface area contributed by atoms with Crippen LogP contribution in [0, 0.1) is 5.92 Å². The number of carbonyl (C=O) groups excluding carboxylic acids is 1. The third kappa shape index (κ3) is 4.37. The zero-order chi connectivity index (χ0) is 15.4. The molecule has 1 rings (SSSR count).